The van der Waals surface area contributed by atoms with E-state index in [0.717, 1.165) is 30.3 Å². The van der Waals surface area contributed by atoms with Crippen LogP contribution in [0.25, 0.3) is 0 Å². The molecule has 0 radical (unpaired) electrons. The molecule has 5 nitrogen and oxygen atoms in total. The van der Waals surface area contributed by atoms with Crippen LogP contribution in [0.4, 0.5) is 0 Å². The van der Waals surface area contributed by atoms with E-state index in [1.807, 2.05) is 0 Å². The number of quaternary nitrogens is 2. The maximum Gasteiger partial charge on any atom is 0.203 e. The summed E-state index contributed by atoms with van der Waals surface area (Å²) in [5, 5.41) is 2.41. The maximum absolute atomic E-state index is 5.80. The van der Waals surface area contributed by atoms with Crippen molar-refractivity contribution in [2.75, 3.05) is 41.0 Å². The molecule has 128 valence electrons. The Labute approximate surface area is 138 Å². The second kappa shape index (κ2) is 7.41. The number of rotatable bonds is 4. The van der Waals surface area contributed by atoms with Crippen LogP contribution < -0.4 is 24.4 Å². The molecule has 3 N–H and O–H groups in total. The molecule has 0 saturated carbocycles. The third kappa shape index (κ3) is 3.12. The van der Waals surface area contributed by atoms with Crippen LogP contribution >= 0.6 is 0 Å². The predicted molar refractivity (Wildman–Crippen MR) is 88.5 cm³/mol. The van der Waals surface area contributed by atoms with E-state index in [-0.39, 0.29) is 0 Å². The first-order valence-corrected chi connectivity index (χ1v) is 8.78. The van der Waals surface area contributed by atoms with Gasteiger partial charge in [0.15, 0.2) is 17.5 Å². The number of fused-ring (bicyclic) bond motifs is 1. The molecular formula is C18H30N2O3+2. The second-order valence-corrected chi connectivity index (χ2v) is 6.57. The Balaban J connectivity index is 2.05. The van der Waals surface area contributed by atoms with Crippen LogP contribution in [0.5, 0.6) is 17.2 Å². The van der Waals surface area contributed by atoms with Crippen LogP contribution in [0.2, 0.25) is 0 Å². The lowest BCUT2D eigenvalue weighted by Crippen LogP contribution is -3.15. The number of hydrogen-bond acceptors (Lipinski definition) is 3. The molecule has 0 aromatic heterocycles. The number of likely N-dealkylation sites (tertiary alicyclic amines) is 1. The SMILES string of the molecule is COc1cc2c(c(OC)c1OC)[C@H]([NH+]1CCCCCC1)C[NH2+]C2. The van der Waals surface area contributed by atoms with Crippen LogP contribution in [0, 0.1) is 0 Å². The summed E-state index contributed by atoms with van der Waals surface area (Å²) < 4.78 is 16.9. The van der Waals surface area contributed by atoms with Crippen molar-refractivity contribution in [3.05, 3.63) is 17.2 Å². The summed E-state index contributed by atoms with van der Waals surface area (Å²) in [6.07, 6.45) is 5.40. The van der Waals surface area contributed by atoms with Crippen LogP contribution in [-0.2, 0) is 6.54 Å². The molecule has 1 aromatic carbocycles. The van der Waals surface area contributed by atoms with Gasteiger partial charge in [-0.05, 0) is 31.7 Å². The third-order valence-corrected chi connectivity index (χ3v) is 5.31. The van der Waals surface area contributed by atoms with Crippen molar-refractivity contribution >= 4 is 0 Å². The number of ether oxygens (including phenoxy) is 3. The lowest BCUT2D eigenvalue weighted by atomic mass is 9.93. The van der Waals surface area contributed by atoms with E-state index in [0.29, 0.717) is 6.04 Å². The molecule has 2 heterocycles. The normalized spacial score (nSPS) is 22.1. The number of methoxy groups -OCH3 is 3. The van der Waals surface area contributed by atoms with Gasteiger partial charge >= 0.3 is 0 Å². The second-order valence-electron chi connectivity index (χ2n) is 6.57. The van der Waals surface area contributed by atoms with Crippen molar-refractivity contribution in [1.82, 2.24) is 0 Å². The van der Waals surface area contributed by atoms with Gasteiger partial charge in [-0.2, -0.15) is 0 Å². The minimum absolute atomic E-state index is 0.478. The van der Waals surface area contributed by atoms with Gasteiger partial charge in [-0.15, -0.1) is 0 Å². The molecule has 0 spiro atoms. The number of hydrogen-bond donors (Lipinski definition) is 2. The highest BCUT2D eigenvalue weighted by Gasteiger charge is 2.37. The molecule has 0 aliphatic carbocycles. The van der Waals surface area contributed by atoms with Crippen molar-refractivity contribution in [1.29, 1.82) is 0 Å². The highest BCUT2D eigenvalue weighted by atomic mass is 16.5. The van der Waals surface area contributed by atoms with Crippen LogP contribution in [0.15, 0.2) is 6.07 Å². The minimum Gasteiger partial charge on any atom is -0.493 e. The fourth-order valence-electron chi connectivity index (χ4n) is 4.21. The van der Waals surface area contributed by atoms with Gasteiger partial charge in [-0.3, -0.25) is 0 Å². The lowest BCUT2D eigenvalue weighted by Gasteiger charge is -2.32. The Morgan fingerprint density at radius 1 is 0.957 bits per heavy atom. The zero-order valence-electron chi connectivity index (χ0n) is 14.6. The van der Waals surface area contributed by atoms with Gasteiger partial charge in [0.25, 0.3) is 0 Å². The van der Waals surface area contributed by atoms with Crippen LogP contribution in [0.1, 0.15) is 42.9 Å². The molecule has 0 unspecified atom stereocenters. The topological polar surface area (TPSA) is 48.7 Å². The van der Waals surface area contributed by atoms with Crippen molar-refractivity contribution in [3.63, 3.8) is 0 Å². The van der Waals surface area contributed by atoms with E-state index in [9.17, 15) is 0 Å². The minimum atomic E-state index is 0.478. The summed E-state index contributed by atoms with van der Waals surface area (Å²) in [6, 6.07) is 2.61. The molecule has 2 aliphatic heterocycles. The fraction of sp³-hybridized carbons (Fsp3) is 0.667. The average Bonchev–Trinajstić information content (AvgIpc) is 2.88. The highest BCUT2D eigenvalue weighted by Crippen LogP contribution is 2.44. The van der Waals surface area contributed by atoms with E-state index >= 15 is 0 Å². The maximum atomic E-state index is 5.80. The van der Waals surface area contributed by atoms with E-state index in [1.54, 1.807) is 26.2 Å². The molecule has 0 bridgehead atoms. The first kappa shape index (κ1) is 16.4. The van der Waals surface area contributed by atoms with Crippen LogP contribution in [0.3, 0.4) is 0 Å². The predicted octanol–water partition coefficient (Wildman–Crippen LogP) is 0.289. The van der Waals surface area contributed by atoms with E-state index in [1.165, 1.54) is 49.9 Å². The molecule has 1 fully saturated rings. The van der Waals surface area contributed by atoms with Crippen molar-refractivity contribution in [2.24, 2.45) is 0 Å². The van der Waals surface area contributed by atoms with Gasteiger partial charge in [-0.25, -0.2) is 0 Å². The van der Waals surface area contributed by atoms with Gasteiger partial charge in [-0.1, -0.05) is 0 Å². The zero-order chi connectivity index (χ0) is 16.2. The molecule has 0 amide bonds. The van der Waals surface area contributed by atoms with Gasteiger partial charge in [0.2, 0.25) is 5.75 Å². The molecule has 1 atom stereocenters. The molecule has 1 aromatic rings. The summed E-state index contributed by atoms with van der Waals surface area (Å²) >= 11 is 0. The Kier molecular flexibility index (Phi) is 5.28. The van der Waals surface area contributed by atoms with Crippen molar-refractivity contribution in [2.45, 2.75) is 38.3 Å². The van der Waals surface area contributed by atoms with Gasteiger partial charge in [0.1, 0.15) is 13.1 Å². The molecular weight excluding hydrogens is 292 g/mol. The van der Waals surface area contributed by atoms with E-state index in [4.69, 9.17) is 14.2 Å². The van der Waals surface area contributed by atoms with E-state index < -0.39 is 0 Å². The van der Waals surface area contributed by atoms with Gasteiger partial charge in [0, 0.05) is 5.56 Å². The average molecular weight is 322 g/mol. The Morgan fingerprint density at radius 2 is 1.65 bits per heavy atom. The summed E-state index contributed by atoms with van der Waals surface area (Å²) in [5.41, 5.74) is 2.66. The number of benzene rings is 1. The third-order valence-electron chi connectivity index (χ3n) is 5.31. The summed E-state index contributed by atoms with van der Waals surface area (Å²) in [5.74, 6) is 2.37. The monoisotopic (exact) mass is 322 g/mol. The van der Waals surface area contributed by atoms with Crippen molar-refractivity contribution < 1.29 is 24.4 Å². The summed E-state index contributed by atoms with van der Waals surface area (Å²) in [4.78, 5) is 1.70. The summed E-state index contributed by atoms with van der Waals surface area (Å²) in [6.45, 7) is 4.62. The fourth-order valence-corrected chi connectivity index (χ4v) is 4.21. The largest absolute Gasteiger partial charge is 0.493 e. The van der Waals surface area contributed by atoms with E-state index in [2.05, 4.69) is 11.4 Å². The van der Waals surface area contributed by atoms with Gasteiger partial charge < -0.3 is 24.4 Å². The molecule has 2 aliphatic rings. The lowest BCUT2D eigenvalue weighted by molar-refractivity contribution is -0.947. The van der Waals surface area contributed by atoms with Crippen LogP contribution in [-0.4, -0.2) is 41.0 Å². The molecule has 23 heavy (non-hydrogen) atoms. The molecule has 3 rings (SSSR count). The number of nitrogens with two attached hydrogens (primary N) is 1. The standard InChI is InChI=1S/C18H28N2O3/c1-21-15-10-13-11-19-12-14(20-8-6-4-5-7-9-20)16(13)18(23-3)17(15)22-2/h10,14,19H,4-9,11-12H2,1-3H3/p+2/t14-/m1/s1. The van der Waals surface area contributed by atoms with Gasteiger partial charge in [0.05, 0.1) is 40.0 Å². The Morgan fingerprint density at radius 3 is 2.26 bits per heavy atom. The number of nitrogens with one attached hydrogen (secondary N) is 1. The highest BCUT2D eigenvalue weighted by molar-refractivity contribution is 5.60. The van der Waals surface area contributed by atoms with Crippen molar-refractivity contribution in [3.8, 4) is 17.2 Å². The Bertz CT molecular complexity index is 540. The first-order chi connectivity index (χ1) is 11.3. The zero-order valence-corrected chi connectivity index (χ0v) is 14.6. The first-order valence-electron chi connectivity index (χ1n) is 8.78. The molecule has 5 heteroatoms. The smallest absolute Gasteiger partial charge is 0.203 e. The molecule has 1 saturated heterocycles. The quantitative estimate of drug-likeness (QED) is 0.838. The summed E-state index contributed by atoms with van der Waals surface area (Å²) in [7, 11) is 5.12. The Hall–Kier alpha value is -1.46.